The average molecular weight is 435 g/mol. The number of aryl methyl sites for hydroxylation is 1. The van der Waals surface area contributed by atoms with Crippen molar-refractivity contribution in [3.05, 3.63) is 58.1 Å². The second-order valence-electron chi connectivity index (χ2n) is 7.15. The van der Waals surface area contributed by atoms with E-state index < -0.39 is 11.9 Å². The van der Waals surface area contributed by atoms with E-state index in [-0.39, 0.29) is 10.7 Å². The third-order valence-corrected chi connectivity index (χ3v) is 6.20. The van der Waals surface area contributed by atoms with Crippen molar-refractivity contribution in [2.24, 2.45) is 0 Å². The molecule has 2 aromatic heterocycles. The molecule has 0 atom stereocenters. The number of amides is 1. The van der Waals surface area contributed by atoms with Crippen molar-refractivity contribution in [3.63, 3.8) is 0 Å². The number of hydrogen-bond acceptors (Lipinski definition) is 5. The van der Waals surface area contributed by atoms with E-state index in [1.165, 1.54) is 6.07 Å². The molecule has 1 amide bonds. The molecule has 0 saturated carbocycles. The van der Waals surface area contributed by atoms with Crippen LogP contribution in [0.1, 0.15) is 26.5 Å². The first-order valence-corrected chi connectivity index (χ1v) is 10.3. The highest BCUT2D eigenvalue weighted by molar-refractivity contribution is 7.20. The van der Waals surface area contributed by atoms with E-state index in [0.717, 1.165) is 42.6 Å². The number of halogens is 3. The number of carbonyl (C=O) groups excluding carboxylic acids is 1. The van der Waals surface area contributed by atoms with Crippen LogP contribution in [0.4, 0.5) is 18.9 Å². The lowest BCUT2D eigenvalue weighted by atomic mass is 10.1. The van der Waals surface area contributed by atoms with Crippen LogP contribution in [0.2, 0.25) is 0 Å². The van der Waals surface area contributed by atoms with Gasteiger partial charge < -0.3 is 10.1 Å². The molecule has 0 aliphatic carbocycles. The van der Waals surface area contributed by atoms with E-state index in [1.54, 1.807) is 13.0 Å². The minimum Gasteiger partial charge on any atom is -0.379 e. The monoisotopic (exact) mass is 435 g/mol. The molecule has 30 heavy (non-hydrogen) atoms. The largest absolute Gasteiger partial charge is 0.433 e. The van der Waals surface area contributed by atoms with E-state index in [4.69, 9.17) is 4.74 Å². The number of nitrogens with zero attached hydrogens (tertiary/aromatic N) is 2. The first kappa shape index (κ1) is 20.8. The normalized spacial score (nSPS) is 15.5. The number of pyridine rings is 1. The molecular weight excluding hydrogens is 415 g/mol. The van der Waals surface area contributed by atoms with Crippen LogP contribution >= 0.6 is 11.3 Å². The number of fused-ring (bicyclic) bond motifs is 1. The molecule has 158 valence electrons. The molecular formula is C21H20F3N3O2S. The molecule has 1 fully saturated rings. The Hall–Kier alpha value is -2.49. The van der Waals surface area contributed by atoms with Gasteiger partial charge in [-0.3, -0.25) is 9.69 Å². The second kappa shape index (κ2) is 8.33. The lowest BCUT2D eigenvalue weighted by Crippen LogP contribution is -2.35. The molecule has 0 bridgehead atoms. The summed E-state index contributed by atoms with van der Waals surface area (Å²) in [6, 6.07) is 9.90. The zero-order valence-corrected chi connectivity index (χ0v) is 17.1. The number of alkyl halides is 3. The van der Waals surface area contributed by atoms with Crippen molar-refractivity contribution < 1.29 is 22.7 Å². The average Bonchev–Trinajstić information content (AvgIpc) is 3.05. The van der Waals surface area contributed by atoms with Crippen LogP contribution in [0, 0.1) is 6.92 Å². The highest BCUT2D eigenvalue weighted by Crippen LogP contribution is 2.34. The Morgan fingerprint density at radius 3 is 2.73 bits per heavy atom. The highest BCUT2D eigenvalue weighted by atomic mass is 32.1. The Balaban J connectivity index is 1.53. The zero-order chi connectivity index (χ0) is 21.3. The summed E-state index contributed by atoms with van der Waals surface area (Å²) in [5, 5.41) is 3.42. The lowest BCUT2D eigenvalue weighted by Gasteiger charge is -2.26. The predicted molar refractivity (Wildman–Crippen MR) is 110 cm³/mol. The van der Waals surface area contributed by atoms with Crippen molar-refractivity contribution in [1.82, 2.24) is 9.88 Å². The van der Waals surface area contributed by atoms with Crippen LogP contribution in [0.5, 0.6) is 0 Å². The Bertz CT molecular complexity index is 1080. The number of thiophene rings is 1. The van der Waals surface area contributed by atoms with Gasteiger partial charge in [0.05, 0.1) is 18.1 Å². The van der Waals surface area contributed by atoms with Gasteiger partial charge in [-0.2, -0.15) is 13.2 Å². The van der Waals surface area contributed by atoms with E-state index in [2.05, 4.69) is 15.2 Å². The van der Waals surface area contributed by atoms with Crippen LogP contribution in [0.15, 0.2) is 36.4 Å². The number of rotatable bonds is 4. The fourth-order valence-corrected chi connectivity index (χ4v) is 4.50. The summed E-state index contributed by atoms with van der Waals surface area (Å²) < 4.78 is 44.1. The number of carbonyl (C=O) groups is 1. The Morgan fingerprint density at radius 1 is 1.23 bits per heavy atom. The molecule has 0 unspecified atom stereocenters. The van der Waals surface area contributed by atoms with Crippen molar-refractivity contribution in [3.8, 4) is 0 Å². The Kier molecular flexibility index (Phi) is 5.77. The minimum absolute atomic E-state index is 0.202. The lowest BCUT2D eigenvalue weighted by molar-refractivity contribution is -0.140. The van der Waals surface area contributed by atoms with Gasteiger partial charge in [0.1, 0.15) is 10.5 Å². The number of aromatic nitrogens is 1. The molecule has 1 aliphatic rings. The summed E-state index contributed by atoms with van der Waals surface area (Å²) >= 11 is 0.969. The maximum atomic E-state index is 12.9. The van der Waals surface area contributed by atoms with Gasteiger partial charge in [0.25, 0.3) is 5.91 Å². The first-order chi connectivity index (χ1) is 14.3. The van der Waals surface area contributed by atoms with Crippen molar-refractivity contribution >= 4 is 33.1 Å². The van der Waals surface area contributed by atoms with Gasteiger partial charge in [-0.15, -0.1) is 11.3 Å². The van der Waals surface area contributed by atoms with E-state index in [9.17, 15) is 18.0 Å². The molecule has 4 rings (SSSR count). The van der Waals surface area contributed by atoms with E-state index >= 15 is 0 Å². The maximum absolute atomic E-state index is 12.9. The topological polar surface area (TPSA) is 54.5 Å². The number of anilines is 1. The summed E-state index contributed by atoms with van der Waals surface area (Å²) in [5.41, 5.74) is 1.38. The summed E-state index contributed by atoms with van der Waals surface area (Å²) in [5.74, 6) is -0.354. The molecule has 5 nitrogen and oxygen atoms in total. The van der Waals surface area contributed by atoms with Crippen LogP contribution in [-0.2, 0) is 17.5 Å². The molecule has 1 saturated heterocycles. The van der Waals surface area contributed by atoms with E-state index in [0.29, 0.717) is 34.7 Å². The number of benzene rings is 1. The van der Waals surface area contributed by atoms with Crippen molar-refractivity contribution in [1.29, 1.82) is 0 Å². The van der Waals surface area contributed by atoms with Crippen molar-refractivity contribution in [2.45, 2.75) is 19.6 Å². The molecule has 9 heteroatoms. The highest BCUT2D eigenvalue weighted by Gasteiger charge is 2.33. The molecule has 3 aromatic rings. The molecule has 3 heterocycles. The van der Waals surface area contributed by atoms with Crippen LogP contribution in [0.3, 0.4) is 0 Å². The molecule has 1 N–H and O–H groups in total. The molecule has 0 spiro atoms. The number of ether oxygens (including phenoxy) is 1. The predicted octanol–water partition coefficient (Wildman–Crippen LogP) is 4.71. The Morgan fingerprint density at radius 2 is 2.00 bits per heavy atom. The quantitative estimate of drug-likeness (QED) is 0.645. The van der Waals surface area contributed by atoms with Gasteiger partial charge in [-0.1, -0.05) is 12.1 Å². The van der Waals surface area contributed by atoms with Gasteiger partial charge in [-0.25, -0.2) is 4.98 Å². The standard InChI is InChI=1S/C21H20F3N3O2S/c1-13-16-5-6-17(21(22,23)24)26-20(16)30-18(13)19(28)25-15-4-2-3-14(11-15)12-27-7-9-29-10-8-27/h2-6,11H,7-10,12H2,1H3,(H,25,28). The van der Waals surface area contributed by atoms with Gasteiger partial charge in [0.2, 0.25) is 0 Å². The van der Waals surface area contributed by atoms with Crippen molar-refractivity contribution in [2.75, 3.05) is 31.6 Å². The van der Waals surface area contributed by atoms with Gasteiger partial charge in [-0.05, 0) is 42.3 Å². The number of morpholine rings is 1. The number of nitrogens with one attached hydrogen (secondary N) is 1. The van der Waals surface area contributed by atoms with Crippen LogP contribution in [-0.4, -0.2) is 42.1 Å². The molecule has 0 radical (unpaired) electrons. The fraction of sp³-hybridized carbons (Fsp3) is 0.333. The maximum Gasteiger partial charge on any atom is 0.433 e. The summed E-state index contributed by atoms with van der Waals surface area (Å²) in [7, 11) is 0. The van der Waals surface area contributed by atoms with Gasteiger partial charge in [0.15, 0.2) is 0 Å². The first-order valence-electron chi connectivity index (χ1n) is 9.49. The Labute approximate surface area is 175 Å². The third-order valence-electron chi connectivity index (χ3n) is 5.00. The zero-order valence-electron chi connectivity index (χ0n) is 16.3. The van der Waals surface area contributed by atoms with E-state index in [1.807, 2.05) is 18.2 Å². The summed E-state index contributed by atoms with van der Waals surface area (Å²) in [6.07, 6.45) is -4.52. The molecule has 1 aliphatic heterocycles. The van der Waals surface area contributed by atoms with Crippen LogP contribution < -0.4 is 5.32 Å². The van der Waals surface area contributed by atoms with Gasteiger partial charge >= 0.3 is 6.18 Å². The third kappa shape index (κ3) is 4.48. The fourth-order valence-electron chi connectivity index (χ4n) is 3.43. The summed E-state index contributed by atoms with van der Waals surface area (Å²) in [4.78, 5) is 19.3. The van der Waals surface area contributed by atoms with Crippen LogP contribution in [0.25, 0.3) is 10.2 Å². The smallest absolute Gasteiger partial charge is 0.379 e. The second-order valence-corrected chi connectivity index (χ2v) is 8.15. The van der Waals surface area contributed by atoms with Gasteiger partial charge in [0, 0.05) is 30.7 Å². The minimum atomic E-state index is -4.52. The SMILES string of the molecule is Cc1c(C(=O)Nc2cccc(CN3CCOCC3)c2)sc2nc(C(F)(F)F)ccc12. The molecule has 1 aromatic carbocycles. The summed E-state index contributed by atoms with van der Waals surface area (Å²) in [6.45, 7) is 5.64. The number of hydrogen-bond donors (Lipinski definition) is 1.